The monoisotopic (exact) mass is 353 g/mol. The molecule has 0 aromatic heterocycles. The fourth-order valence-corrected chi connectivity index (χ4v) is 2.65. The van der Waals surface area contributed by atoms with Crippen LogP contribution in [0.4, 0.5) is 5.69 Å². The highest BCUT2D eigenvalue weighted by atomic mass is 35.5. The van der Waals surface area contributed by atoms with Gasteiger partial charge in [0.15, 0.2) is 0 Å². The van der Waals surface area contributed by atoms with Gasteiger partial charge in [-0.05, 0) is 16.8 Å². The maximum atomic E-state index is 12.1. The summed E-state index contributed by atoms with van der Waals surface area (Å²) in [6, 6.07) is 17.2. The Morgan fingerprint density at radius 2 is 1.88 bits per heavy atom. The molecule has 6 nitrogen and oxygen atoms in total. The van der Waals surface area contributed by atoms with Gasteiger partial charge in [0.2, 0.25) is 0 Å². The number of hydrogen-bond acceptors (Lipinski definition) is 4. The first kappa shape index (κ1) is 16.6. The molecule has 124 valence electrons. The summed E-state index contributed by atoms with van der Waals surface area (Å²) in [7, 11) is 0. The number of halogens is 1. The molecule has 0 fully saturated rings. The Morgan fingerprint density at radius 3 is 2.64 bits per heavy atom. The number of nitrogens with one attached hydrogen (secondary N) is 1. The summed E-state index contributed by atoms with van der Waals surface area (Å²) in [5.74, 6) is -0.545. The standard InChI is InChI=1S/C18H12ClN3O3/c19-17-10-14(22(24)25)8-9-16(17)18(23)21-20-11-13-6-3-5-12-4-1-2-7-15(12)13/h1-11H,(H,21,23)/b20-11-. The van der Waals surface area contributed by atoms with Gasteiger partial charge in [0, 0.05) is 17.7 Å². The van der Waals surface area contributed by atoms with Gasteiger partial charge in [-0.1, -0.05) is 54.1 Å². The number of benzene rings is 3. The second-order valence-corrected chi connectivity index (χ2v) is 5.60. The Hall–Kier alpha value is -3.25. The summed E-state index contributed by atoms with van der Waals surface area (Å²) in [6.45, 7) is 0. The van der Waals surface area contributed by atoms with Crippen molar-refractivity contribution in [3.8, 4) is 0 Å². The highest BCUT2D eigenvalue weighted by Crippen LogP contribution is 2.22. The van der Waals surface area contributed by atoms with Crippen molar-refractivity contribution < 1.29 is 9.72 Å². The van der Waals surface area contributed by atoms with Crippen LogP contribution in [-0.4, -0.2) is 17.0 Å². The van der Waals surface area contributed by atoms with Crippen molar-refractivity contribution in [3.63, 3.8) is 0 Å². The zero-order chi connectivity index (χ0) is 17.8. The molecule has 0 spiro atoms. The number of nitro benzene ring substituents is 1. The number of carbonyl (C=O) groups is 1. The molecular formula is C18H12ClN3O3. The second-order valence-electron chi connectivity index (χ2n) is 5.19. The summed E-state index contributed by atoms with van der Waals surface area (Å²) >= 11 is 5.93. The molecule has 1 N–H and O–H groups in total. The van der Waals surface area contributed by atoms with Crippen LogP contribution in [0.2, 0.25) is 5.02 Å². The van der Waals surface area contributed by atoms with Gasteiger partial charge in [-0.15, -0.1) is 0 Å². The lowest BCUT2D eigenvalue weighted by Crippen LogP contribution is -2.18. The van der Waals surface area contributed by atoms with Gasteiger partial charge < -0.3 is 0 Å². The van der Waals surface area contributed by atoms with Crippen LogP contribution in [0.3, 0.4) is 0 Å². The topological polar surface area (TPSA) is 84.6 Å². The zero-order valence-electron chi connectivity index (χ0n) is 12.8. The number of hydrazone groups is 1. The Labute approximate surface area is 147 Å². The first-order chi connectivity index (χ1) is 12.1. The Balaban J connectivity index is 1.78. The largest absolute Gasteiger partial charge is 0.272 e. The quantitative estimate of drug-likeness (QED) is 0.434. The van der Waals surface area contributed by atoms with E-state index in [1.54, 1.807) is 6.21 Å². The molecule has 1 amide bonds. The fraction of sp³-hybridized carbons (Fsp3) is 0. The summed E-state index contributed by atoms with van der Waals surface area (Å²) in [5.41, 5.74) is 3.17. The molecule has 7 heteroatoms. The SMILES string of the molecule is O=C(N/N=C\c1cccc2ccccc12)c1ccc([N+](=O)[O-])cc1Cl. The van der Waals surface area contributed by atoms with Crippen molar-refractivity contribution in [2.45, 2.75) is 0 Å². The van der Waals surface area contributed by atoms with Crippen LogP contribution < -0.4 is 5.43 Å². The van der Waals surface area contributed by atoms with Crippen LogP contribution >= 0.6 is 11.6 Å². The van der Waals surface area contributed by atoms with Gasteiger partial charge in [-0.25, -0.2) is 5.43 Å². The maximum absolute atomic E-state index is 12.1. The minimum absolute atomic E-state index is 0.00735. The van der Waals surface area contributed by atoms with Gasteiger partial charge in [-0.3, -0.25) is 14.9 Å². The Bertz CT molecular complexity index is 997. The number of non-ortho nitro benzene ring substituents is 1. The average Bonchev–Trinajstić information content (AvgIpc) is 2.61. The minimum atomic E-state index is -0.577. The second kappa shape index (κ2) is 7.11. The molecule has 0 heterocycles. The van der Waals surface area contributed by atoms with Gasteiger partial charge >= 0.3 is 0 Å². The predicted molar refractivity (Wildman–Crippen MR) is 97.1 cm³/mol. The molecule has 3 aromatic rings. The van der Waals surface area contributed by atoms with E-state index in [1.807, 2.05) is 42.5 Å². The number of hydrogen-bond donors (Lipinski definition) is 1. The third kappa shape index (κ3) is 3.64. The Kier molecular flexibility index (Phi) is 4.72. The molecular weight excluding hydrogens is 342 g/mol. The molecule has 25 heavy (non-hydrogen) atoms. The lowest BCUT2D eigenvalue weighted by Gasteiger charge is -2.03. The molecule has 0 radical (unpaired) electrons. The van der Waals surface area contributed by atoms with E-state index >= 15 is 0 Å². The van der Waals surface area contributed by atoms with Crippen molar-refractivity contribution in [2.24, 2.45) is 5.10 Å². The van der Waals surface area contributed by atoms with E-state index in [1.165, 1.54) is 12.1 Å². The molecule has 0 unspecified atom stereocenters. The maximum Gasteiger partial charge on any atom is 0.272 e. The molecule has 0 atom stereocenters. The average molecular weight is 354 g/mol. The van der Waals surface area contributed by atoms with E-state index in [4.69, 9.17) is 11.6 Å². The van der Waals surface area contributed by atoms with Crippen molar-refractivity contribution >= 4 is 40.2 Å². The number of nitrogens with zero attached hydrogens (tertiary/aromatic N) is 2. The number of amides is 1. The molecule has 0 aliphatic carbocycles. The molecule has 0 saturated carbocycles. The van der Waals surface area contributed by atoms with Crippen molar-refractivity contribution in [1.29, 1.82) is 0 Å². The first-order valence-corrected chi connectivity index (χ1v) is 7.69. The lowest BCUT2D eigenvalue weighted by molar-refractivity contribution is -0.384. The van der Waals surface area contributed by atoms with Crippen LogP contribution in [0.25, 0.3) is 10.8 Å². The highest BCUT2D eigenvalue weighted by Gasteiger charge is 2.14. The van der Waals surface area contributed by atoms with Gasteiger partial charge in [0.05, 0.1) is 21.7 Å². The van der Waals surface area contributed by atoms with E-state index in [9.17, 15) is 14.9 Å². The summed E-state index contributed by atoms with van der Waals surface area (Å²) < 4.78 is 0. The van der Waals surface area contributed by atoms with E-state index in [2.05, 4.69) is 10.5 Å². The number of fused-ring (bicyclic) bond motifs is 1. The van der Waals surface area contributed by atoms with Gasteiger partial charge in [-0.2, -0.15) is 5.10 Å². The summed E-state index contributed by atoms with van der Waals surface area (Å²) in [5, 5.41) is 16.7. The molecule has 3 aromatic carbocycles. The number of nitro groups is 1. The van der Waals surface area contributed by atoms with E-state index in [0.717, 1.165) is 22.4 Å². The third-order valence-electron chi connectivity index (χ3n) is 3.60. The number of carbonyl (C=O) groups excluding carboxylic acids is 1. The van der Waals surface area contributed by atoms with Gasteiger partial charge in [0.1, 0.15) is 0 Å². The normalized spacial score (nSPS) is 10.9. The van der Waals surface area contributed by atoms with E-state index in [0.29, 0.717) is 0 Å². The lowest BCUT2D eigenvalue weighted by atomic mass is 10.1. The molecule has 0 aliphatic heterocycles. The Morgan fingerprint density at radius 1 is 1.12 bits per heavy atom. The smallest absolute Gasteiger partial charge is 0.267 e. The molecule has 3 rings (SSSR count). The fourth-order valence-electron chi connectivity index (χ4n) is 2.39. The number of rotatable bonds is 4. The molecule has 0 bridgehead atoms. The van der Waals surface area contributed by atoms with Gasteiger partial charge in [0.25, 0.3) is 11.6 Å². The van der Waals surface area contributed by atoms with Crippen LogP contribution in [0.1, 0.15) is 15.9 Å². The van der Waals surface area contributed by atoms with Crippen LogP contribution in [0.5, 0.6) is 0 Å². The van der Waals surface area contributed by atoms with Crippen molar-refractivity contribution in [1.82, 2.24) is 5.43 Å². The predicted octanol–water partition coefficient (Wildman–Crippen LogP) is 4.17. The van der Waals surface area contributed by atoms with E-state index in [-0.39, 0.29) is 16.3 Å². The van der Waals surface area contributed by atoms with Crippen LogP contribution in [0.15, 0.2) is 65.8 Å². The summed E-state index contributed by atoms with van der Waals surface area (Å²) in [4.78, 5) is 22.2. The summed E-state index contributed by atoms with van der Waals surface area (Å²) in [6.07, 6.45) is 1.54. The van der Waals surface area contributed by atoms with Crippen LogP contribution in [-0.2, 0) is 0 Å². The van der Waals surface area contributed by atoms with E-state index < -0.39 is 10.8 Å². The first-order valence-electron chi connectivity index (χ1n) is 7.31. The van der Waals surface area contributed by atoms with Crippen molar-refractivity contribution in [2.75, 3.05) is 0 Å². The zero-order valence-corrected chi connectivity index (χ0v) is 13.6. The van der Waals surface area contributed by atoms with Crippen LogP contribution in [0, 0.1) is 10.1 Å². The molecule has 0 aliphatic rings. The molecule has 0 saturated heterocycles. The highest BCUT2D eigenvalue weighted by molar-refractivity contribution is 6.34. The third-order valence-corrected chi connectivity index (χ3v) is 3.91. The van der Waals surface area contributed by atoms with Crippen molar-refractivity contribution in [3.05, 3.63) is 86.9 Å². The minimum Gasteiger partial charge on any atom is -0.267 e.